The Morgan fingerprint density at radius 3 is 2.27 bits per heavy atom. The summed E-state index contributed by atoms with van der Waals surface area (Å²) >= 11 is 0. The molecule has 1 heterocycles. The van der Waals surface area contributed by atoms with Crippen LogP contribution in [0.25, 0.3) is 0 Å². The van der Waals surface area contributed by atoms with Gasteiger partial charge in [0.2, 0.25) is 0 Å². The highest BCUT2D eigenvalue weighted by atomic mass is 16.2. The Morgan fingerprint density at radius 1 is 1.00 bits per heavy atom. The Hall–Kier alpha value is -2.46. The molecule has 1 aliphatic rings. The van der Waals surface area contributed by atoms with Gasteiger partial charge in [0, 0.05) is 18.2 Å². The fraction of sp³-hybridized carbons (Fsp3) is 0.222. The van der Waals surface area contributed by atoms with Gasteiger partial charge in [-0.15, -0.1) is 0 Å². The Kier molecular flexibility index (Phi) is 5.07. The molecular formula is C18H21N3O. The molecule has 2 aromatic rings. The number of carbonyl (C=O) groups is 1. The number of benzodiazepines with no additional fused rings is 1. The zero-order valence-electron chi connectivity index (χ0n) is 13.2. The molecule has 1 unspecified atom stereocenters. The second kappa shape index (κ2) is 7.00. The van der Waals surface area contributed by atoms with Crippen LogP contribution in [0.1, 0.15) is 25.0 Å². The van der Waals surface area contributed by atoms with E-state index in [1.807, 2.05) is 68.4 Å². The Bertz CT molecular complexity index is 680. The number of benzene rings is 2. The normalized spacial score (nSPS) is 16.9. The molecular weight excluding hydrogens is 274 g/mol. The molecule has 1 amide bonds. The minimum absolute atomic E-state index is 0.205. The van der Waals surface area contributed by atoms with E-state index in [-0.39, 0.29) is 5.91 Å². The predicted molar refractivity (Wildman–Crippen MR) is 91.3 cm³/mol. The van der Waals surface area contributed by atoms with E-state index < -0.39 is 6.17 Å². The van der Waals surface area contributed by atoms with E-state index in [2.05, 4.69) is 4.99 Å². The van der Waals surface area contributed by atoms with E-state index in [0.717, 1.165) is 22.5 Å². The third kappa shape index (κ3) is 2.92. The number of para-hydroxylation sites is 1. The molecule has 0 saturated heterocycles. The molecule has 4 heteroatoms. The SMILES string of the molecule is CC.CN1C(=O)C(N)N=C(c2ccccc2)c2ccccc21. The molecule has 0 aliphatic carbocycles. The molecule has 4 nitrogen and oxygen atoms in total. The number of nitrogens with zero attached hydrogens (tertiary/aromatic N) is 2. The highest BCUT2D eigenvalue weighted by Crippen LogP contribution is 2.26. The minimum Gasteiger partial charge on any atom is -0.312 e. The first-order valence-corrected chi connectivity index (χ1v) is 7.44. The van der Waals surface area contributed by atoms with Crippen molar-refractivity contribution in [3.63, 3.8) is 0 Å². The van der Waals surface area contributed by atoms with Crippen molar-refractivity contribution in [3.05, 3.63) is 65.7 Å². The van der Waals surface area contributed by atoms with Crippen molar-refractivity contribution in [1.82, 2.24) is 0 Å². The van der Waals surface area contributed by atoms with Crippen LogP contribution in [-0.4, -0.2) is 24.8 Å². The molecule has 0 spiro atoms. The molecule has 3 rings (SSSR count). The van der Waals surface area contributed by atoms with Crippen molar-refractivity contribution in [2.45, 2.75) is 20.0 Å². The van der Waals surface area contributed by atoms with Crippen LogP contribution in [0, 0.1) is 0 Å². The van der Waals surface area contributed by atoms with Crippen LogP contribution in [0.15, 0.2) is 59.6 Å². The van der Waals surface area contributed by atoms with Crippen molar-refractivity contribution in [1.29, 1.82) is 0 Å². The molecule has 0 fully saturated rings. The van der Waals surface area contributed by atoms with Crippen molar-refractivity contribution in [2.75, 3.05) is 11.9 Å². The third-order valence-electron chi connectivity index (χ3n) is 3.42. The largest absolute Gasteiger partial charge is 0.312 e. The van der Waals surface area contributed by atoms with Crippen LogP contribution < -0.4 is 10.6 Å². The summed E-state index contributed by atoms with van der Waals surface area (Å²) in [5, 5.41) is 0. The number of amides is 1. The van der Waals surface area contributed by atoms with Gasteiger partial charge in [-0.25, -0.2) is 0 Å². The van der Waals surface area contributed by atoms with Gasteiger partial charge in [-0.05, 0) is 6.07 Å². The molecule has 2 aromatic carbocycles. The van der Waals surface area contributed by atoms with E-state index >= 15 is 0 Å². The number of nitrogens with two attached hydrogens (primary N) is 1. The molecule has 1 aliphatic heterocycles. The number of likely N-dealkylation sites (N-methyl/N-ethyl adjacent to an activating group) is 1. The summed E-state index contributed by atoms with van der Waals surface area (Å²) in [6.07, 6.45) is -0.873. The molecule has 2 N–H and O–H groups in total. The van der Waals surface area contributed by atoms with Gasteiger partial charge in [0.25, 0.3) is 5.91 Å². The summed E-state index contributed by atoms with van der Waals surface area (Å²) in [6.45, 7) is 4.00. The standard InChI is InChI=1S/C16H15N3O.C2H6/c1-19-13-10-6-5-9-12(13)14(18-15(17)16(19)20)11-7-3-2-4-8-11;1-2/h2-10,15H,17H2,1H3;1-2H3. The highest BCUT2D eigenvalue weighted by molar-refractivity contribution is 6.19. The number of hydrogen-bond acceptors (Lipinski definition) is 3. The van der Waals surface area contributed by atoms with Crippen LogP contribution in [0.4, 0.5) is 5.69 Å². The lowest BCUT2D eigenvalue weighted by atomic mass is 10.0. The fourth-order valence-electron chi connectivity index (χ4n) is 2.37. The molecule has 0 saturated carbocycles. The lowest BCUT2D eigenvalue weighted by Crippen LogP contribution is -2.39. The highest BCUT2D eigenvalue weighted by Gasteiger charge is 2.26. The predicted octanol–water partition coefficient (Wildman–Crippen LogP) is 2.81. The third-order valence-corrected chi connectivity index (χ3v) is 3.42. The molecule has 1 atom stereocenters. The number of aliphatic imine (C=N–C) groups is 1. The summed E-state index contributed by atoms with van der Waals surface area (Å²) in [5.41, 5.74) is 9.36. The molecule has 0 radical (unpaired) electrons. The lowest BCUT2D eigenvalue weighted by Gasteiger charge is -2.18. The van der Waals surface area contributed by atoms with E-state index in [1.54, 1.807) is 11.9 Å². The van der Waals surface area contributed by atoms with Gasteiger partial charge in [0.15, 0.2) is 6.17 Å². The smallest absolute Gasteiger partial charge is 0.266 e. The first-order valence-electron chi connectivity index (χ1n) is 7.44. The quantitative estimate of drug-likeness (QED) is 0.879. The van der Waals surface area contributed by atoms with E-state index in [9.17, 15) is 4.79 Å². The van der Waals surface area contributed by atoms with E-state index in [4.69, 9.17) is 5.73 Å². The average Bonchev–Trinajstić information content (AvgIpc) is 2.69. The maximum Gasteiger partial charge on any atom is 0.266 e. The molecule has 114 valence electrons. The lowest BCUT2D eigenvalue weighted by molar-refractivity contribution is -0.119. The summed E-state index contributed by atoms with van der Waals surface area (Å²) < 4.78 is 0. The van der Waals surface area contributed by atoms with E-state index in [0.29, 0.717) is 0 Å². The number of carbonyl (C=O) groups excluding carboxylic acids is 1. The zero-order chi connectivity index (χ0) is 16.1. The number of anilines is 1. The van der Waals surface area contributed by atoms with Crippen LogP contribution in [0.3, 0.4) is 0 Å². The Balaban J connectivity index is 0.000000847. The molecule has 0 aromatic heterocycles. The maximum absolute atomic E-state index is 12.2. The number of hydrogen-bond donors (Lipinski definition) is 1. The van der Waals surface area contributed by atoms with Crippen LogP contribution in [0.2, 0.25) is 0 Å². The van der Waals surface area contributed by atoms with Gasteiger partial charge in [0.05, 0.1) is 11.4 Å². The summed E-state index contributed by atoms with van der Waals surface area (Å²) in [4.78, 5) is 18.2. The zero-order valence-corrected chi connectivity index (χ0v) is 13.2. The van der Waals surface area contributed by atoms with Crippen LogP contribution in [-0.2, 0) is 4.79 Å². The van der Waals surface area contributed by atoms with Gasteiger partial charge < -0.3 is 10.6 Å². The topological polar surface area (TPSA) is 58.7 Å². The molecule has 22 heavy (non-hydrogen) atoms. The van der Waals surface area contributed by atoms with Crippen molar-refractivity contribution >= 4 is 17.3 Å². The fourth-order valence-corrected chi connectivity index (χ4v) is 2.37. The first kappa shape index (κ1) is 15.9. The van der Waals surface area contributed by atoms with Gasteiger partial charge in [-0.3, -0.25) is 9.79 Å². The molecule has 0 bridgehead atoms. The second-order valence-electron chi connectivity index (χ2n) is 4.70. The van der Waals surface area contributed by atoms with Crippen molar-refractivity contribution in [2.24, 2.45) is 10.7 Å². The summed E-state index contributed by atoms with van der Waals surface area (Å²) in [7, 11) is 1.73. The van der Waals surface area contributed by atoms with Gasteiger partial charge in [0.1, 0.15) is 0 Å². The van der Waals surface area contributed by atoms with Gasteiger partial charge >= 0.3 is 0 Å². The maximum atomic E-state index is 12.2. The average molecular weight is 295 g/mol. The number of fused-ring (bicyclic) bond motifs is 1. The summed E-state index contributed by atoms with van der Waals surface area (Å²) in [5.74, 6) is -0.205. The van der Waals surface area contributed by atoms with E-state index in [1.165, 1.54) is 0 Å². The van der Waals surface area contributed by atoms with Crippen LogP contribution >= 0.6 is 0 Å². The van der Waals surface area contributed by atoms with Crippen molar-refractivity contribution in [3.8, 4) is 0 Å². The van der Waals surface area contributed by atoms with Crippen molar-refractivity contribution < 1.29 is 4.79 Å². The van der Waals surface area contributed by atoms with Gasteiger partial charge in [-0.2, -0.15) is 0 Å². The first-order chi connectivity index (χ1) is 10.7. The Morgan fingerprint density at radius 2 is 1.59 bits per heavy atom. The van der Waals surface area contributed by atoms with Crippen LogP contribution in [0.5, 0.6) is 0 Å². The monoisotopic (exact) mass is 295 g/mol. The van der Waals surface area contributed by atoms with Gasteiger partial charge in [-0.1, -0.05) is 62.4 Å². The number of rotatable bonds is 1. The Labute approximate surface area is 131 Å². The minimum atomic E-state index is -0.873. The second-order valence-corrected chi connectivity index (χ2v) is 4.70. The summed E-state index contributed by atoms with van der Waals surface area (Å²) in [6, 6.07) is 17.5.